The topological polar surface area (TPSA) is 64.1 Å². The molecule has 0 saturated heterocycles. The number of fused-ring (bicyclic) bond motifs is 1. The lowest BCUT2D eigenvalue weighted by Gasteiger charge is -2.41. The summed E-state index contributed by atoms with van der Waals surface area (Å²) < 4.78 is 1.86. The number of aromatic nitrogens is 2. The number of nitrogens with zero attached hydrogens (tertiary/aromatic N) is 2. The molecule has 0 amide bonds. The number of rotatable bonds is 4. The smallest absolute Gasteiger partial charge is 0.103 e. The van der Waals surface area contributed by atoms with Gasteiger partial charge in [0, 0.05) is 24.7 Å². The van der Waals surface area contributed by atoms with Crippen molar-refractivity contribution in [3.63, 3.8) is 0 Å². The third kappa shape index (κ3) is 2.39. The van der Waals surface area contributed by atoms with E-state index in [0.29, 0.717) is 6.54 Å². The Bertz CT molecular complexity index is 622. The molecule has 1 aromatic carbocycles. The number of nitrogens with two attached hydrogens (primary N) is 1. The van der Waals surface area contributed by atoms with E-state index in [1.807, 2.05) is 17.7 Å². The first-order chi connectivity index (χ1) is 10.2. The second-order valence-electron chi connectivity index (χ2n) is 5.99. The van der Waals surface area contributed by atoms with E-state index < -0.39 is 6.10 Å². The van der Waals surface area contributed by atoms with Gasteiger partial charge >= 0.3 is 0 Å². The minimum absolute atomic E-state index is 0.290. The molecule has 0 spiro atoms. The van der Waals surface area contributed by atoms with E-state index in [1.54, 1.807) is 6.20 Å². The molecule has 0 saturated carbocycles. The van der Waals surface area contributed by atoms with Crippen molar-refractivity contribution in [3.05, 3.63) is 53.3 Å². The molecule has 4 heteroatoms. The van der Waals surface area contributed by atoms with Crippen LogP contribution in [0.4, 0.5) is 0 Å². The van der Waals surface area contributed by atoms with Crippen LogP contribution in [0.5, 0.6) is 0 Å². The number of aryl methyl sites for hydroxylation is 2. The Morgan fingerprint density at radius 1 is 1.33 bits per heavy atom. The molecule has 112 valence electrons. The van der Waals surface area contributed by atoms with Gasteiger partial charge in [-0.25, -0.2) is 0 Å². The standard InChI is InChI=1S/C17H23N3O/c1-2-20-15(8-10-19-20)16(21)17(12-18)9-7-13-5-3-4-6-14(13)11-17/h3-6,8,10,16,21H,2,7,9,11-12,18H2,1H3. The van der Waals surface area contributed by atoms with Gasteiger partial charge < -0.3 is 10.8 Å². The molecule has 0 radical (unpaired) electrons. The van der Waals surface area contributed by atoms with Crippen LogP contribution in [0.2, 0.25) is 0 Å². The zero-order valence-corrected chi connectivity index (χ0v) is 12.5. The van der Waals surface area contributed by atoms with Crippen molar-refractivity contribution in [1.82, 2.24) is 9.78 Å². The molecule has 1 aliphatic carbocycles. The monoisotopic (exact) mass is 285 g/mol. The minimum atomic E-state index is -0.571. The molecule has 1 heterocycles. The molecular formula is C17H23N3O. The quantitative estimate of drug-likeness (QED) is 0.904. The lowest BCUT2D eigenvalue weighted by atomic mass is 9.67. The lowest BCUT2D eigenvalue weighted by molar-refractivity contribution is 0.0114. The first-order valence-electron chi connectivity index (χ1n) is 7.67. The maximum Gasteiger partial charge on any atom is 0.103 e. The van der Waals surface area contributed by atoms with Crippen molar-refractivity contribution in [2.45, 2.75) is 38.8 Å². The second-order valence-corrected chi connectivity index (χ2v) is 5.99. The third-order valence-electron chi connectivity index (χ3n) is 4.87. The van der Waals surface area contributed by atoms with Crippen LogP contribution < -0.4 is 5.73 Å². The van der Waals surface area contributed by atoms with Gasteiger partial charge in [0.15, 0.2) is 0 Å². The molecule has 2 unspecified atom stereocenters. The molecule has 1 aliphatic rings. The van der Waals surface area contributed by atoms with E-state index in [1.165, 1.54) is 11.1 Å². The maximum absolute atomic E-state index is 11.0. The average molecular weight is 285 g/mol. The Balaban J connectivity index is 1.95. The van der Waals surface area contributed by atoms with E-state index in [9.17, 15) is 5.11 Å². The van der Waals surface area contributed by atoms with Crippen molar-refractivity contribution in [2.75, 3.05) is 6.54 Å². The molecule has 1 aromatic heterocycles. The molecule has 21 heavy (non-hydrogen) atoms. The zero-order chi connectivity index (χ0) is 14.9. The van der Waals surface area contributed by atoms with Crippen LogP contribution in [0, 0.1) is 5.41 Å². The maximum atomic E-state index is 11.0. The summed E-state index contributed by atoms with van der Waals surface area (Å²) in [5.41, 5.74) is 9.39. The van der Waals surface area contributed by atoms with Gasteiger partial charge in [0.2, 0.25) is 0 Å². The molecule has 3 rings (SSSR count). The predicted molar refractivity (Wildman–Crippen MR) is 82.8 cm³/mol. The lowest BCUT2D eigenvalue weighted by Crippen LogP contribution is -2.42. The van der Waals surface area contributed by atoms with Gasteiger partial charge in [-0.3, -0.25) is 4.68 Å². The fourth-order valence-electron chi connectivity index (χ4n) is 3.50. The van der Waals surface area contributed by atoms with Crippen molar-refractivity contribution in [2.24, 2.45) is 11.1 Å². The molecule has 0 fully saturated rings. The number of benzene rings is 1. The van der Waals surface area contributed by atoms with Crippen molar-refractivity contribution >= 4 is 0 Å². The van der Waals surface area contributed by atoms with Gasteiger partial charge in [-0.2, -0.15) is 5.10 Å². The summed E-state index contributed by atoms with van der Waals surface area (Å²) >= 11 is 0. The Morgan fingerprint density at radius 3 is 2.81 bits per heavy atom. The SMILES string of the molecule is CCn1nccc1C(O)C1(CN)CCc2ccccc2C1. The van der Waals surface area contributed by atoms with E-state index in [0.717, 1.165) is 31.5 Å². The highest BCUT2D eigenvalue weighted by Gasteiger charge is 2.41. The predicted octanol–water partition coefficient (Wildman–Crippen LogP) is 2.07. The first-order valence-corrected chi connectivity index (χ1v) is 7.67. The summed E-state index contributed by atoms with van der Waals surface area (Å²) in [6, 6.07) is 10.4. The van der Waals surface area contributed by atoms with Gasteiger partial charge in [0.25, 0.3) is 0 Å². The molecule has 3 N–H and O–H groups in total. The minimum Gasteiger partial charge on any atom is -0.386 e. The van der Waals surface area contributed by atoms with Crippen LogP contribution in [0.3, 0.4) is 0 Å². The van der Waals surface area contributed by atoms with E-state index in [4.69, 9.17) is 5.73 Å². The van der Waals surface area contributed by atoms with Crippen LogP contribution in [0.15, 0.2) is 36.5 Å². The Kier molecular flexibility index (Phi) is 3.83. The van der Waals surface area contributed by atoms with E-state index in [-0.39, 0.29) is 5.41 Å². The molecule has 0 bridgehead atoms. The summed E-state index contributed by atoms with van der Waals surface area (Å²) in [6.45, 7) is 3.28. The largest absolute Gasteiger partial charge is 0.386 e. The third-order valence-corrected chi connectivity index (χ3v) is 4.87. The van der Waals surface area contributed by atoms with Gasteiger partial charge in [-0.05, 0) is 43.4 Å². The Labute approximate surface area is 125 Å². The zero-order valence-electron chi connectivity index (χ0n) is 12.5. The van der Waals surface area contributed by atoms with Crippen molar-refractivity contribution in [1.29, 1.82) is 0 Å². The van der Waals surface area contributed by atoms with Crippen molar-refractivity contribution in [3.8, 4) is 0 Å². The van der Waals surface area contributed by atoms with Gasteiger partial charge in [0.1, 0.15) is 6.10 Å². The summed E-state index contributed by atoms with van der Waals surface area (Å²) in [4.78, 5) is 0. The van der Waals surface area contributed by atoms with Crippen LogP contribution in [0.25, 0.3) is 0 Å². The van der Waals surface area contributed by atoms with Crippen LogP contribution in [-0.4, -0.2) is 21.4 Å². The van der Waals surface area contributed by atoms with Crippen LogP contribution >= 0.6 is 0 Å². The fraction of sp³-hybridized carbons (Fsp3) is 0.471. The number of aliphatic hydroxyl groups excluding tert-OH is 1. The number of aliphatic hydroxyl groups is 1. The molecular weight excluding hydrogens is 262 g/mol. The molecule has 4 nitrogen and oxygen atoms in total. The summed E-state index contributed by atoms with van der Waals surface area (Å²) in [5, 5.41) is 15.3. The summed E-state index contributed by atoms with van der Waals surface area (Å²) in [6.07, 6.45) is 3.90. The van der Waals surface area contributed by atoms with E-state index >= 15 is 0 Å². The highest BCUT2D eigenvalue weighted by molar-refractivity contribution is 5.32. The normalized spacial score (nSPS) is 22.8. The van der Waals surface area contributed by atoms with Gasteiger partial charge in [-0.15, -0.1) is 0 Å². The van der Waals surface area contributed by atoms with Gasteiger partial charge in [-0.1, -0.05) is 24.3 Å². The van der Waals surface area contributed by atoms with Crippen LogP contribution in [0.1, 0.15) is 36.3 Å². The highest BCUT2D eigenvalue weighted by Crippen LogP contribution is 2.44. The first kappa shape index (κ1) is 14.3. The number of hydrogen-bond donors (Lipinski definition) is 2. The Morgan fingerprint density at radius 2 is 2.10 bits per heavy atom. The molecule has 0 aliphatic heterocycles. The highest BCUT2D eigenvalue weighted by atomic mass is 16.3. The van der Waals surface area contributed by atoms with Crippen LogP contribution in [-0.2, 0) is 19.4 Å². The summed E-state index contributed by atoms with van der Waals surface area (Å²) in [5.74, 6) is 0. The van der Waals surface area contributed by atoms with Gasteiger partial charge in [0.05, 0.1) is 5.69 Å². The number of hydrogen-bond acceptors (Lipinski definition) is 3. The molecule has 2 aromatic rings. The summed E-state index contributed by atoms with van der Waals surface area (Å²) in [7, 11) is 0. The van der Waals surface area contributed by atoms with Crippen molar-refractivity contribution < 1.29 is 5.11 Å². The average Bonchev–Trinajstić information content (AvgIpc) is 3.02. The van der Waals surface area contributed by atoms with E-state index in [2.05, 4.69) is 29.4 Å². The molecule has 2 atom stereocenters. The second kappa shape index (κ2) is 5.62. The Hall–Kier alpha value is -1.65. The fourth-order valence-corrected chi connectivity index (χ4v) is 3.50.